The first-order valence-corrected chi connectivity index (χ1v) is 4.73. The lowest BCUT2D eigenvalue weighted by Gasteiger charge is -2.31. The van der Waals surface area contributed by atoms with E-state index in [1.807, 2.05) is 6.92 Å². The van der Waals surface area contributed by atoms with Gasteiger partial charge >= 0.3 is 0 Å². The van der Waals surface area contributed by atoms with E-state index in [-0.39, 0.29) is 12.7 Å². The van der Waals surface area contributed by atoms with Crippen LogP contribution in [0.1, 0.15) is 19.8 Å². The Morgan fingerprint density at radius 3 is 2.92 bits per heavy atom. The Balaban J connectivity index is 2.22. The second-order valence-electron chi connectivity index (χ2n) is 3.84. The molecular formula is C9H19NO2. The van der Waals surface area contributed by atoms with E-state index in [0.717, 1.165) is 32.5 Å². The van der Waals surface area contributed by atoms with Crippen LogP contribution in [-0.2, 0) is 0 Å². The monoisotopic (exact) mass is 173 g/mol. The minimum absolute atomic E-state index is 0.148. The first kappa shape index (κ1) is 9.96. The first-order valence-electron chi connectivity index (χ1n) is 4.73. The fourth-order valence-corrected chi connectivity index (χ4v) is 1.70. The molecule has 1 saturated heterocycles. The van der Waals surface area contributed by atoms with E-state index >= 15 is 0 Å². The van der Waals surface area contributed by atoms with Crippen LogP contribution in [-0.4, -0.2) is 47.5 Å². The zero-order valence-electron chi connectivity index (χ0n) is 7.74. The van der Waals surface area contributed by atoms with Crippen molar-refractivity contribution in [1.82, 2.24) is 4.90 Å². The van der Waals surface area contributed by atoms with Crippen LogP contribution in [0.4, 0.5) is 0 Å². The molecule has 1 unspecified atom stereocenters. The predicted molar refractivity (Wildman–Crippen MR) is 47.9 cm³/mol. The molecule has 0 aliphatic carbocycles. The van der Waals surface area contributed by atoms with E-state index in [2.05, 4.69) is 4.90 Å². The Morgan fingerprint density at radius 1 is 1.58 bits per heavy atom. The molecule has 0 radical (unpaired) electrons. The minimum Gasteiger partial charge on any atom is -0.396 e. The molecule has 1 fully saturated rings. The second-order valence-corrected chi connectivity index (χ2v) is 3.84. The summed E-state index contributed by atoms with van der Waals surface area (Å²) in [6.45, 7) is 5.03. The Morgan fingerprint density at radius 2 is 2.33 bits per heavy atom. The average molecular weight is 173 g/mol. The van der Waals surface area contributed by atoms with Crippen molar-refractivity contribution in [1.29, 1.82) is 0 Å². The molecule has 1 rings (SSSR count). The molecule has 1 aliphatic heterocycles. The van der Waals surface area contributed by atoms with Crippen LogP contribution in [0, 0.1) is 5.92 Å². The fourth-order valence-electron chi connectivity index (χ4n) is 1.70. The number of β-amino-alcohol motifs (C(OH)–C–C–N with tert-alkyl or cyclic N) is 1. The molecule has 3 nitrogen and oxygen atoms in total. The van der Waals surface area contributed by atoms with Crippen molar-refractivity contribution < 1.29 is 10.2 Å². The maximum absolute atomic E-state index is 9.36. The van der Waals surface area contributed by atoms with Crippen molar-refractivity contribution in [2.75, 3.05) is 26.2 Å². The molecule has 0 aromatic rings. The molecule has 0 saturated carbocycles. The third-order valence-electron chi connectivity index (χ3n) is 2.36. The summed E-state index contributed by atoms with van der Waals surface area (Å²) in [4.78, 5) is 2.23. The Labute approximate surface area is 74.0 Å². The molecule has 1 heterocycles. The molecule has 0 bridgehead atoms. The molecule has 12 heavy (non-hydrogen) atoms. The fraction of sp³-hybridized carbons (Fsp3) is 1.00. The lowest BCUT2D eigenvalue weighted by molar-refractivity contribution is 0.0570. The van der Waals surface area contributed by atoms with Gasteiger partial charge < -0.3 is 15.1 Å². The lowest BCUT2D eigenvalue weighted by atomic mass is 10.1. The molecule has 72 valence electrons. The van der Waals surface area contributed by atoms with Gasteiger partial charge in [-0.05, 0) is 25.3 Å². The zero-order chi connectivity index (χ0) is 8.97. The van der Waals surface area contributed by atoms with Gasteiger partial charge in [0.2, 0.25) is 0 Å². The van der Waals surface area contributed by atoms with Gasteiger partial charge in [0, 0.05) is 19.7 Å². The first-order chi connectivity index (χ1) is 5.72. The lowest BCUT2D eigenvalue weighted by Crippen LogP contribution is -2.40. The van der Waals surface area contributed by atoms with Gasteiger partial charge in [-0.25, -0.2) is 0 Å². The standard InChI is InChI=1S/C9H19NO2/c1-8(7-11)5-10-4-2-3-9(12)6-10/h8-9,11-12H,2-7H2,1H3/t8?,9-/m0/s1. The third kappa shape index (κ3) is 3.09. The SMILES string of the molecule is CC(CO)CN1CCC[C@H](O)C1. The van der Waals surface area contributed by atoms with Gasteiger partial charge in [0.1, 0.15) is 0 Å². The van der Waals surface area contributed by atoms with Gasteiger partial charge in [-0.2, -0.15) is 0 Å². The summed E-state index contributed by atoms with van der Waals surface area (Å²) >= 11 is 0. The van der Waals surface area contributed by atoms with Crippen molar-refractivity contribution in [2.24, 2.45) is 5.92 Å². The van der Waals surface area contributed by atoms with Crippen LogP contribution in [0.5, 0.6) is 0 Å². The number of aliphatic hydroxyl groups excluding tert-OH is 2. The molecule has 0 spiro atoms. The van der Waals surface area contributed by atoms with Crippen molar-refractivity contribution in [3.8, 4) is 0 Å². The molecular weight excluding hydrogens is 154 g/mol. The van der Waals surface area contributed by atoms with Crippen LogP contribution in [0.25, 0.3) is 0 Å². The summed E-state index contributed by atoms with van der Waals surface area (Å²) in [5.74, 6) is 0.329. The van der Waals surface area contributed by atoms with Crippen molar-refractivity contribution >= 4 is 0 Å². The van der Waals surface area contributed by atoms with Gasteiger partial charge in [0.15, 0.2) is 0 Å². The van der Waals surface area contributed by atoms with E-state index in [9.17, 15) is 5.11 Å². The summed E-state index contributed by atoms with van der Waals surface area (Å²) in [5.41, 5.74) is 0. The van der Waals surface area contributed by atoms with Gasteiger partial charge in [0.05, 0.1) is 6.10 Å². The average Bonchev–Trinajstić information content (AvgIpc) is 2.04. The third-order valence-corrected chi connectivity index (χ3v) is 2.36. The number of hydrogen-bond acceptors (Lipinski definition) is 3. The normalized spacial score (nSPS) is 28.8. The minimum atomic E-state index is -0.148. The number of hydrogen-bond donors (Lipinski definition) is 2. The maximum atomic E-state index is 9.36. The molecule has 3 heteroatoms. The van der Waals surface area contributed by atoms with E-state index < -0.39 is 0 Å². The number of nitrogens with zero attached hydrogens (tertiary/aromatic N) is 1. The number of aliphatic hydroxyl groups is 2. The van der Waals surface area contributed by atoms with E-state index in [1.54, 1.807) is 0 Å². The summed E-state index contributed by atoms with van der Waals surface area (Å²) in [6.07, 6.45) is 1.87. The van der Waals surface area contributed by atoms with Crippen LogP contribution in [0.15, 0.2) is 0 Å². The van der Waals surface area contributed by atoms with Crippen LogP contribution in [0.2, 0.25) is 0 Å². The zero-order valence-corrected chi connectivity index (χ0v) is 7.74. The molecule has 0 aromatic carbocycles. The highest BCUT2D eigenvalue weighted by molar-refractivity contribution is 4.72. The van der Waals surface area contributed by atoms with Gasteiger partial charge in [0.25, 0.3) is 0 Å². The molecule has 1 aliphatic rings. The molecule has 2 atom stereocenters. The van der Waals surface area contributed by atoms with Crippen LogP contribution in [0.3, 0.4) is 0 Å². The Kier molecular flexibility index (Phi) is 3.98. The summed E-state index contributed by atoms with van der Waals surface area (Å²) in [6, 6.07) is 0. The topological polar surface area (TPSA) is 43.7 Å². The molecule has 2 N–H and O–H groups in total. The van der Waals surface area contributed by atoms with Crippen LogP contribution < -0.4 is 0 Å². The van der Waals surface area contributed by atoms with E-state index in [0.29, 0.717) is 5.92 Å². The van der Waals surface area contributed by atoms with Crippen molar-refractivity contribution in [3.63, 3.8) is 0 Å². The predicted octanol–water partition coefficient (Wildman–Crippen LogP) is 0.0715. The highest BCUT2D eigenvalue weighted by Crippen LogP contribution is 2.11. The maximum Gasteiger partial charge on any atom is 0.0667 e. The Hall–Kier alpha value is -0.120. The summed E-state index contributed by atoms with van der Waals surface area (Å²) in [5, 5.41) is 18.2. The smallest absolute Gasteiger partial charge is 0.0667 e. The number of rotatable bonds is 3. The van der Waals surface area contributed by atoms with Crippen LogP contribution >= 0.6 is 0 Å². The number of piperidine rings is 1. The summed E-state index contributed by atoms with van der Waals surface area (Å²) in [7, 11) is 0. The van der Waals surface area contributed by atoms with Crippen molar-refractivity contribution in [3.05, 3.63) is 0 Å². The Bertz CT molecular complexity index is 130. The van der Waals surface area contributed by atoms with Gasteiger partial charge in [-0.3, -0.25) is 0 Å². The molecule has 0 aromatic heterocycles. The van der Waals surface area contributed by atoms with E-state index in [4.69, 9.17) is 5.11 Å². The highest BCUT2D eigenvalue weighted by atomic mass is 16.3. The highest BCUT2D eigenvalue weighted by Gasteiger charge is 2.18. The second kappa shape index (κ2) is 4.80. The van der Waals surface area contributed by atoms with E-state index in [1.165, 1.54) is 0 Å². The summed E-state index contributed by atoms with van der Waals surface area (Å²) < 4.78 is 0. The largest absolute Gasteiger partial charge is 0.396 e. The van der Waals surface area contributed by atoms with Crippen molar-refractivity contribution in [2.45, 2.75) is 25.9 Å². The quantitative estimate of drug-likeness (QED) is 0.635. The molecule has 0 amide bonds. The van der Waals surface area contributed by atoms with Gasteiger partial charge in [-0.1, -0.05) is 6.92 Å². The van der Waals surface area contributed by atoms with Gasteiger partial charge in [-0.15, -0.1) is 0 Å². The number of likely N-dealkylation sites (tertiary alicyclic amines) is 1.